The fourth-order valence-corrected chi connectivity index (χ4v) is 2.73. The number of fused-ring (bicyclic) bond motifs is 1. The molecule has 1 aromatic heterocycles. The number of hydrogen-bond donors (Lipinski definition) is 0. The van der Waals surface area contributed by atoms with Gasteiger partial charge < -0.3 is 4.90 Å². The van der Waals surface area contributed by atoms with Crippen LogP contribution in [0.4, 0.5) is 0 Å². The molecule has 1 atom stereocenters. The van der Waals surface area contributed by atoms with Crippen LogP contribution >= 0.6 is 0 Å². The van der Waals surface area contributed by atoms with Gasteiger partial charge in [-0.3, -0.25) is 9.78 Å². The molecule has 1 fully saturated rings. The Kier molecular flexibility index (Phi) is 3.95. The van der Waals surface area contributed by atoms with Gasteiger partial charge >= 0.3 is 0 Å². The number of hydrogen-bond acceptors (Lipinski definition) is 3. The van der Waals surface area contributed by atoms with Crippen molar-refractivity contribution in [3.8, 4) is 0 Å². The van der Waals surface area contributed by atoms with Crippen LogP contribution in [-0.4, -0.2) is 33.4 Å². The molecule has 4 nitrogen and oxygen atoms in total. The van der Waals surface area contributed by atoms with Crippen molar-refractivity contribution in [3.63, 3.8) is 0 Å². The highest BCUT2D eigenvalue weighted by Crippen LogP contribution is 2.17. The van der Waals surface area contributed by atoms with Gasteiger partial charge in [-0.25, -0.2) is 4.98 Å². The van der Waals surface area contributed by atoms with Crippen molar-refractivity contribution in [2.24, 2.45) is 0 Å². The second-order valence-electron chi connectivity index (χ2n) is 5.49. The van der Waals surface area contributed by atoms with Gasteiger partial charge in [0.2, 0.25) is 5.91 Å². The minimum absolute atomic E-state index is 0.0668. The van der Waals surface area contributed by atoms with Crippen molar-refractivity contribution >= 4 is 23.0 Å². The number of carbonyl (C=O) groups excluding carboxylic acids is 1. The largest absolute Gasteiger partial charge is 0.336 e. The summed E-state index contributed by atoms with van der Waals surface area (Å²) in [5.41, 5.74) is 2.43. The number of benzene rings is 1. The van der Waals surface area contributed by atoms with Gasteiger partial charge in [-0.15, -0.1) is 0 Å². The van der Waals surface area contributed by atoms with Crippen LogP contribution < -0.4 is 0 Å². The standard InChI is InChI=1S/C17H19N3O/c1-13-6-4-5-11-20(13)17(21)10-9-14-12-18-15-7-2-3-8-16(15)19-14/h2-3,7-10,12-13H,4-6,11H2,1H3/b10-9+. The second-order valence-corrected chi connectivity index (χ2v) is 5.49. The molecule has 21 heavy (non-hydrogen) atoms. The first-order chi connectivity index (χ1) is 10.2. The molecule has 2 aromatic rings. The van der Waals surface area contributed by atoms with Crippen LogP contribution in [0.25, 0.3) is 17.1 Å². The summed E-state index contributed by atoms with van der Waals surface area (Å²) in [6, 6.07) is 8.06. The van der Waals surface area contributed by atoms with E-state index in [-0.39, 0.29) is 5.91 Å². The summed E-state index contributed by atoms with van der Waals surface area (Å²) in [6.45, 7) is 2.97. The zero-order valence-electron chi connectivity index (χ0n) is 12.2. The lowest BCUT2D eigenvalue weighted by Gasteiger charge is -2.32. The number of aromatic nitrogens is 2. The Balaban J connectivity index is 1.76. The number of rotatable bonds is 2. The fraction of sp³-hybridized carbons (Fsp3) is 0.353. The van der Waals surface area contributed by atoms with Crippen molar-refractivity contribution in [1.29, 1.82) is 0 Å². The Morgan fingerprint density at radius 3 is 2.90 bits per heavy atom. The van der Waals surface area contributed by atoms with E-state index in [1.165, 1.54) is 6.42 Å². The summed E-state index contributed by atoms with van der Waals surface area (Å²) >= 11 is 0. The quantitative estimate of drug-likeness (QED) is 0.795. The van der Waals surface area contributed by atoms with E-state index < -0.39 is 0 Å². The van der Waals surface area contributed by atoms with Crippen LogP contribution in [-0.2, 0) is 4.79 Å². The summed E-state index contributed by atoms with van der Waals surface area (Å²) in [5, 5.41) is 0. The van der Waals surface area contributed by atoms with Gasteiger partial charge in [0.1, 0.15) is 0 Å². The molecule has 1 aliphatic heterocycles. The van der Waals surface area contributed by atoms with Crippen molar-refractivity contribution < 1.29 is 4.79 Å². The molecule has 3 rings (SSSR count). The zero-order valence-corrected chi connectivity index (χ0v) is 12.2. The van der Waals surface area contributed by atoms with E-state index in [1.807, 2.05) is 29.2 Å². The lowest BCUT2D eigenvalue weighted by Crippen LogP contribution is -2.41. The maximum absolute atomic E-state index is 12.2. The van der Waals surface area contributed by atoms with Gasteiger partial charge in [0.05, 0.1) is 22.9 Å². The third-order valence-corrected chi connectivity index (χ3v) is 3.95. The molecule has 0 N–H and O–H groups in total. The van der Waals surface area contributed by atoms with E-state index in [0.717, 1.165) is 30.4 Å². The first kappa shape index (κ1) is 13.7. The number of amides is 1. The highest BCUT2D eigenvalue weighted by Gasteiger charge is 2.21. The molecular formula is C17H19N3O. The number of carbonyl (C=O) groups is 1. The van der Waals surface area contributed by atoms with Gasteiger partial charge in [0, 0.05) is 18.7 Å². The first-order valence-corrected chi connectivity index (χ1v) is 7.44. The van der Waals surface area contributed by atoms with Crippen molar-refractivity contribution in [1.82, 2.24) is 14.9 Å². The molecule has 0 saturated carbocycles. The lowest BCUT2D eigenvalue weighted by atomic mass is 10.0. The average molecular weight is 281 g/mol. The smallest absolute Gasteiger partial charge is 0.246 e. The molecule has 1 amide bonds. The van der Waals surface area contributed by atoms with Gasteiger partial charge in [-0.1, -0.05) is 12.1 Å². The predicted octanol–water partition coefficient (Wildman–Crippen LogP) is 3.04. The van der Waals surface area contributed by atoms with Crippen LogP contribution in [0, 0.1) is 0 Å². The molecule has 108 valence electrons. The number of likely N-dealkylation sites (tertiary alicyclic amines) is 1. The minimum Gasteiger partial charge on any atom is -0.336 e. The average Bonchev–Trinajstić information content (AvgIpc) is 2.53. The number of piperidine rings is 1. The second kappa shape index (κ2) is 6.04. The Hall–Kier alpha value is -2.23. The molecule has 2 heterocycles. The number of nitrogens with zero attached hydrogens (tertiary/aromatic N) is 3. The monoisotopic (exact) mass is 281 g/mol. The van der Waals surface area contributed by atoms with Gasteiger partial charge in [-0.2, -0.15) is 0 Å². The van der Waals surface area contributed by atoms with Gasteiger partial charge in [0.25, 0.3) is 0 Å². The minimum atomic E-state index is 0.0668. The van der Waals surface area contributed by atoms with E-state index in [2.05, 4.69) is 16.9 Å². The van der Waals surface area contributed by atoms with E-state index in [0.29, 0.717) is 11.7 Å². The maximum atomic E-state index is 12.2. The fourth-order valence-electron chi connectivity index (χ4n) is 2.73. The van der Waals surface area contributed by atoms with Crippen molar-refractivity contribution in [2.45, 2.75) is 32.2 Å². The Morgan fingerprint density at radius 1 is 1.29 bits per heavy atom. The van der Waals surface area contributed by atoms with Crippen LogP contribution in [0.5, 0.6) is 0 Å². The third-order valence-electron chi connectivity index (χ3n) is 3.95. The highest BCUT2D eigenvalue weighted by atomic mass is 16.2. The van der Waals surface area contributed by atoms with Gasteiger partial charge in [-0.05, 0) is 44.4 Å². The van der Waals surface area contributed by atoms with Crippen LogP contribution in [0.2, 0.25) is 0 Å². The van der Waals surface area contributed by atoms with Crippen LogP contribution in [0.15, 0.2) is 36.5 Å². The topological polar surface area (TPSA) is 46.1 Å². The zero-order chi connectivity index (χ0) is 14.7. The summed E-state index contributed by atoms with van der Waals surface area (Å²) in [6.07, 6.45) is 8.47. The molecule has 4 heteroatoms. The molecule has 0 bridgehead atoms. The predicted molar refractivity (Wildman–Crippen MR) is 83.6 cm³/mol. The maximum Gasteiger partial charge on any atom is 0.246 e. The SMILES string of the molecule is CC1CCCCN1C(=O)/C=C/c1cnc2ccccc2n1. The van der Waals surface area contributed by atoms with Gasteiger partial charge in [0.15, 0.2) is 0 Å². The normalized spacial score (nSPS) is 19.3. The Bertz CT molecular complexity index is 681. The Morgan fingerprint density at radius 2 is 2.10 bits per heavy atom. The molecule has 1 aromatic carbocycles. The summed E-state index contributed by atoms with van der Waals surface area (Å²) in [4.78, 5) is 23.0. The van der Waals surface area contributed by atoms with Crippen LogP contribution in [0.1, 0.15) is 31.9 Å². The third kappa shape index (κ3) is 3.10. The van der Waals surface area contributed by atoms with E-state index in [9.17, 15) is 4.79 Å². The van der Waals surface area contributed by atoms with Crippen molar-refractivity contribution in [2.75, 3.05) is 6.54 Å². The molecular weight excluding hydrogens is 262 g/mol. The van der Waals surface area contributed by atoms with Crippen molar-refractivity contribution in [3.05, 3.63) is 42.2 Å². The lowest BCUT2D eigenvalue weighted by molar-refractivity contribution is -0.129. The molecule has 1 saturated heterocycles. The summed E-state index contributed by atoms with van der Waals surface area (Å²) in [5.74, 6) is 0.0668. The van der Waals surface area contributed by atoms with E-state index in [1.54, 1.807) is 18.3 Å². The first-order valence-electron chi connectivity index (χ1n) is 7.44. The molecule has 0 spiro atoms. The molecule has 0 radical (unpaired) electrons. The molecule has 0 aliphatic carbocycles. The number of para-hydroxylation sites is 2. The molecule has 1 unspecified atom stereocenters. The van der Waals surface area contributed by atoms with Crippen LogP contribution in [0.3, 0.4) is 0 Å². The summed E-state index contributed by atoms with van der Waals surface area (Å²) < 4.78 is 0. The molecule has 1 aliphatic rings. The summed E-state index contributed by atoms with van der Waals surface area (Å²) in [7, 11) is 0. The highest BCUT2D eigenvalue weighted by molar-refractivity contribution is 5.92. The van der Waals surface area contributed by atoms with E-state index in [4.69, 9.17) is 0 Å². The Labute approximate surface area is 124 Å². The van der Waals surface area contributed by atoms with E-state index >= 15 is 0 Å².